The van der Waals surface area contributed by atoms with E-state index in [1.54, 1.807) is 14.2 Å². The van der Waals surface area contributed by atoms with Crippen molar-refractivity contribution in [2.24, 2.45) is 5.16 Å². The Bertz CT molecular complexity index is 571. The minimum absolute atomic E-state index is 0.117. The summed E-state index contributed by atoms with van der Waals surface area (Å²) in [5.41, 5.74) is 1.46. The van der Waals surface area contributed by atoms with Gasteiger partial charge in [-0.15, -0.1) is 0 Å². The molecule has 6 nitrogen and oxygen atoms in total. The average Bonchev–Trinajstić information content (AvgIpc) is 3.03. The second-order valence-corrected chi connectivity index (χ2v) is 5.22. The van der Waals surface area contributed by atoms with Gasteiger partial charge in [-0.05, 0) is 31.5 Å². The predicted molar refractivity (Wildman–Crippen MR) is 83.5 cm³/mol. The van der Waals surface area contributed by atoms with Gasteiger partial charge in [-0.1, -0.05) is 12.1 Å². The molecule has 1 heterocycles. The van der Waals surface area contributed by atoms with Crippen molar-refractivity contribution in [3.63, 3.8) is 0 Å². The number of hydrogen-bond acceptors (Lipinski definition) is 5. The molecule has 2 atom stereocenters. The lowest BCUT2D eigenvalue weighted by Gasteiger charge is -2.14. The molecule has 2 rings (SSSR count). The lowest BCUT2D eigenvalue weighted by atomic mass is 10.0. The van der Waals surface area contributed by atoms with Gasteiger partial charge in [-0.25, -0.2) is 0 Å². The van der Waals surface area contributed by atoms with Gasteiger partial charge in [0.05, 0.1) is 19.9 Å². The van der Waals surface area contributed by atoms with E-state index in [2.05, 4.69) is 10.5 Å². The summed E-state index contributed by atoms with van der Waals surface area (Å²) in [7, 11) is 3.19. The highest BCUT2D eigenvalue weighted by Crippen LogP contribution is 2.28. The summed E-state index contributed by atoms with van der Waals surface area (Å²) in [4.78, 5) is 17.4. The van der Waals surface area contributed by atoms with E-state index in [9.17, 15) is 4.79 Å². The Labute approximate surface area is 130 Å². The van der Waals surface area contributed by atoms with Crippen molar-refractivity contribution in [3.05, 3.63) is 23.8 Å². The number of nitrogens with zero attached hydrogens (tertiary/aromatic N) is 1. The molecule has 6 heteroatoms. The van der Waals surface area contributed by atoms with Crippen LogP contribution >= 0.6 is 0 Å². The van der Waals surface area contributed by atoms with E-state index in [4.69, 9.17) is 14.3 Å². The van der Waals surface area contributed by atoms with E-state index < -0.39 is 6.10 Å². The maximum Gasteiger partial charge on any atom is 0.264 e. The maximum atomic E-state index is 12.1. The minimum Gasteiger partial charge on any atom is -0.497 e. The minimum atomic E-state index is -0.597. The highest BCUT2D eigenvalue weighted by molar-refractivity contribution is 6.06. The predicted octanol–water partition coefficient (Wildman–Crippen LogP) is 2.11. The molecule has 1 aromatic carbocycles. The fraction of sp³-hybridized carbons (Fsp3) is 0.500. The second-order valence-electron chi connectivity index (χ2n) is 5.22. The molecule has 1 N–H and O–H groups in total. The molecule has 0 radical (unpaired) electrons. The zero-order valence-electron chi connectivity index (χ0n) is 13.4. The zero-order valence-corrected chi connectivity index (χ0v) is 13.4. The second kappa shape index (κ2) is 7.15. The Balaban J connectivity index is 2.11. The van der Waals surface area contributed by atoms with Crippen molar-refractivity contribution >= 4 is 11.6 Å². The molecule has 0 aliphatic carbocycles. The summed E-state index contributed by atoms with van der Waals surface area (Å²) in [6.07, 6.45) is 0.682. The van der Waals surface area contributed by atoms with Gasteiger partial charge >= 0.3 is 0 Å². The lowest BCUT2D eigenvalue weighted by Crippen LogP contribution is -2.39. The van der Waals surface area contributed by atoms with Crippen molar-refractivity contribution in [1.29, 1.82) is 0 Å². The number of carbonyl (C=O) groups excluding carboxylic acids is 1. The SMILES string of the molecule is CCC(C)NC(=O)C1CC(c2cc(OC)ccc2OC)=NO1. The molecule has 22 heavy (non-hydrogen) atoms. The van der Waals surface area contributed by atoms with E-state index in [0.717, 1.165) is 12.0 Å². The van der Waals surface area contributed by atoms with Crippen molar-refractivity contribution < 1.29 is 19.1 Å². The molecule has 1 amide bonds. The smallest absolute Gasteiger partial charge is 0.264 e. The number of nitrogens with one attached hydrogen (secondary N) is 1. The lowest BCUT2D eigenvalue weighted by molar-refractivity contribution is -0.131. The number of benzene rings is 1. The molecule has 0 aromatic heterocycles. The molecule has 0 fully saturated rings. The first-order valence-electron chi connectivity index (χ1n) is 7.34. The number of hydrogen-bond donors (Lipinski definition) is 1. The third-order valence-corrected chi connectivity index (χ3v) is 3.68. The van der Waals surface area contributed by atoms with Gasteiger partial charge in [0.25, 0.3) is 5.91 Å². The van der Waals surface area contributed by atoms with Crippen molar-refractivity contribution in [2.75, 3.05) is 14.2 Å². The monoisotopic (exact) mass is 306 g/mol. The molecule has 0 saturated heterocycles. The molecule has 2 unspecified atom stereocenters. The zero-order chi connectivity index (χ0) is 16.1. The van der Waals surface area contributed by atoms with E-state index in [0.29, 0.717) is 23.6 Å². The van der Waals surface area contributed by atoms with Crippen molar-refractivity contribution in [3.8, 4) is 11.5 Å². The number of carbonyl (C=O) groups is 1. The Hall–Kier alpha value is -2.24. The van der Waals surface area contributed by atoms with Crippen LogP contribution in [-0.2, 0) is 9.63 Å². The molecular weight excluding hydrogens is 284 g/mol. The van der Waals surface area contributed by atoms with Crippen LogP contribution in [-0.4, -0.2) is 38.0 Å². The summed E-state index contributed by atoms with van der Waals surface area (Å²) in [5, 5.41) is 6.95. The average molecular weight is 306 g/mol. The number of rotatable bonds is 6. The largest absolute Gasteiger partial charge is 0.497 e. The summed E-state index contributed by atoms with van der Waals surface area (Å²) in [6.45, 7) is 3.98. The number of amides is 1. The quantitative estimate of drug-likeness (QED) is 0.874. The number of methoxy groups -OCH3 is 2. The van der Waals surface area contributed by atoms with Gasteiger partial charge in [0.15, 0.2) is 0 Å². The molecule has 120 valence electrons. The van der Waals surface area contributed by atoms with E-state index >= 15 is 0 Å². The van der Waals surface area contributed by atoms with Crippen LogP contribution in [0.4, 0.5) is 0 Å². The van der Waals surface area contributed by atoms with Crippen LogP contribution < -0.4 is 14.8 Å². The number of ether oxygens (including phenoxy) is 2. The van der Waals surface area contributed by atoms with Crippen LogP contribution in [0.2, 0.25) is 0 Å². The third-order valence-electron chi connectivity index (χ3n) is 3.68. The summed E-state index contributed by atoms with van der Waals surface area (Å²) >= 11 is 0. The van der Waals surface area contributed by atoms with E-state index in [-0.39, 0.29) is 11.9 Å². The molecule has 0 spiro atoms. The summed E-state index contributed by atoms with van der Waals surface area (Å²) < 4.78 is 10.6. The van der Waals surface area contributed by atoms with Crippen LogP contribution in [0.15, 0.2) is 23.4 Å². The van der Waals surface area contributed by atoms with Crippen LogP contribution in [0, 0.1) is 0 Å². The Kier molecular flexibility index (Phi) is 5.25. The van der Waals surface area contributed by atoms with Crippen LogP contribution in [0.25, 0.3) is 0 Å². The molecule has 0 saturated carbocycles. The Morgan fingerprint density at radius 2 is 2.23 bits per heavy atom. The summed E-state index contributed by atoms with van der Waals surface area (Å²) in [5.74, 6) is 1.23. The van der Waals surface area contributed by atoms with Crippen LogP contribution in [0.3, 0.4) is 0 Å². The van der Waals surface area contributed by atoms with Crippen molar-refractivity contribution in [2.45, 2.75) is 38.8 Å². The van der Waals surface area contributed by atoms with Crippen molar-refractivity contribution in [1.82, 2.24) is 5.32 Å². The van der Waals surface area contributed by atoms with Crippen LogP contribution in [0.5, 0.6) is 11.5 Å². The Morgan fingerprint density at radius 3 is 2.86 bits per heavy atom. The topological polar surface area (TPSA) is 69.2 Å². The summed E-state index contributed by atoms with van der Waals surface area (Å²) in [6, 6.07) is 5.57. The first-order chi connectivity index (χ1) is 10.6. The highest BCUT2D eigenvalue weighted by Gasteiger charge is 2.30. The van der Waals surface area contributed by atoms with Gasteiger partial charge in [0.2, 0.25) is 6.10 Å². The molecule has 1 aliphatic heterocycles. The van der Waals surface area contributed by atoms with Crippen LogP contribution in [0.1, 0.15) is 32.3 Å². The normalized spacial score (nSPS) is 18.2. The molecular formula is C16H22N2O4. The van der Waals surface area contributed by atoms with Gasteiger partial charge < -0.3 is 19.6 Å². The standard InChI is InChI=1S/C16H22N2O4/c1-5-10(2)17-16(19)15-9-13(18-22-15)12-8-11(20-3)6-7-14(12)21-4/h6-8,10,15H,5,9H2,1-4H3,(H,17,19). The van der Waals surface area contributed by atoms with E-state index in [1.807, 2.05) is 32.0 Å². The van der Waals surface area contributed by atoms with Gasteiger partial charge in [-0.3, -0.25) is 4.79 Å². The van der Waals surface area contributed by atoms with Gasteiger partial charge in [0, 0.05) is 18.0 Å². The first-order valence-corrected chi connectivity index (χ1v) is 7.34. The molecule has 1 aliphatic rings. The first kappa shape index (κ1) is 16.1. The fourth-order valence-corrected chi connectivity index (χ4v) is 2.15. The van der Waals surface area contributed by atoms with Gasteiger partial charge in [0.1, 0.15) is 11.5 Å². The Morgan fingerprint density at radius 1 is 1.45 bits per heavy atom. The molecule has 0 bridgehead atoms. The molecule has 1 aromatic rings. The third kappa shape index (κ3) is 3.50. The number of oxime groups is 1. The fourth-order valence-electron chi connectivity index (χ4n) is 2.15. The van der Waals surface area contributed by atoms with E-state index in [1.165, 1.54) is 0 Å². The van der Waals surface area contributed by atoms with Gasteiger partial charge in [-0.2, -0.15) is 0 Å². The highest BCUT2D eigenvalue weighted by atomic mass is 16.6. The maximum absolute atomic E-state index is 12.1.